The molecule has 1 atom stereocenters. The van der Waals surface area contributed by atoms with Crippen LogP contribution >= 0.6 is 27.5 Å². The van der Waals surface area contributed by atoms with Crippen LogP contribution < -0.4 is 0 Å². The molecule has 0 spiro atoms. The summed E-state index contributed by atoms with van der Waals surface area (Å²) in [6.45, 7) is 1.96. The molecule has 2 rings (SSSR count). The minimum absolute atomic E-state index is 0.0815. The molecule has 2 aromatic rings. The van der Waals surface area contributed by atoms with Crippen molar-refractivity contribution in [3.05, 3.63) is 63.3 Å². The fourth-order valence-electron chi connectivity index (χ4n) is 1.87. The molecule has 0 fully saturated rings. The van der Waals surface area contributed by atoms with Crippen molar-refractivity contribution in [3.63, 3.8) is 0 Å². The minimum atomic E-state index is -0.126. The van der Waals surface area contributed by atoms with Gasteiger partial charge in [-0.15, -0.1) is 0 Å². The molecule has 20 heavy (non-hydrogen) atoms. The monoisotopic (exact) mass is 352 g/mol. The lowest BCUT2D eigenvalue weighted by molar-refractivity contribution is 0.0736. The predicted molar refractivity (Wildman–Crippen MR) is 83.9 cm³/mol. The van der Waals surface area contributed by atoms with E-state index in [0.717, 1.165) is 5.56 Å². The maximum Gasteiger partial charge on any atom is 0.272 e. The zero-order valence-electron chi connectivity index (χ0n) is 11.2. The van der Waals surface area contributed by atoms with E-state index in [2.05, 4.69) is 20.9 Å². The Morgan fingerprint density at radius 3 is 2.65 bits per heavy atom. The molecule has 0 aliphatic heterocycles. The Bertz CT molecular complexity index is 633. The van der Waals surface area contributed by atoms with Crippen LogP contribution in [0.1, 0.15) is 29.0 Å². The molecular formula is C15H14BrClN2O. The number of hydrogen-bond acceptors (Lipinski definition) is 2. The first-order valence-electron chi connectivity index (χ1n) is 6.14. The van der Waals surface area contributed by atoms with Gasteiger partial charge in [0.15, 0.2) is 0 Å². The Hall–Kier alpha value is -1.39. The molecule has 3 nitrogen and oxygen atoms in total. The maximum atomic E-state index is 12.4. The van der Waals surface area contributed by atoms with Crippen LogP contribution in [0.2, 0.25) is 5.02 Å². The van der Waals surface area contributed by atoms with E-state index in [9.17, 15) is 4.79 Å². The highest BCUT2D eigenvalue weighted by Gasteiger charge is 2.20. The third-order valence-corrected chi connectivity index (χ3v) is 3.84. The summed E-state index contributed by atoms with van der Waals surface area (Å²) >= 11 is 9.26. The summed E-state index contributed by atoms with van der Waals surface area (Å²) in [5.74, 6) is -0.126. The van der Waals surface area contributed by atoms with Gasteiger partial charge in [0, 0.05) is 12.1 Å². The normalized spacial score (nSPS) is 12.0. The van der Waals surface area contributed by atoms with Gasteiger partial charge in [0.25, 0.3) is 5.91 Å². The van der Waals surface area contributed by atoms with Crippen molar-refractivity contribution in [2.24, 2.45) is 0 Å². The minimum Gasteiger partial charge on any atom is -0.334 e. The van der Waals surface area contributed by atoms with Crippen LogP contribution in [0.25, 0.3) is 0 Å². The van der Waals surface area contributed by atoms with Crippen LogP contribution in [0.3, 0.4) is 0 Å². The average molecular weight is 354 g/mol. The molecule has 0 radical (unpaired) electrons. The maximum absolute atomic E-state index is 12.4. The second-order valence-corrected chi connectivity index (χ2v) is 5.74. The SMILES string of the molecule is CC(c1cccc(Cl)c1)N(C)C(=O)c1cccc(Br)n1. The smallest absolute Gasteiger partial charge is 0.272 e. The van der Waals surface area contributed by atoms with E-state index >= 15 is 0 Å². The third-order valence-electron chi connectivity index (χ3n) is 3.17. The summed E-state index contributed by atoms with van der Waals surface area (Å²) in [6, 6.07) is 12.7. The predicted octanol–water partition coefficient (Wildman–Crippen LogP) is 4.33. The number of carbonyl (C=O) groups excluding carboxylic acids is 1. The van der Waals surface area contributed by atoms with Gasteiger partial charge in [-0.3, -0.25) is 4.79 Å². The van der Waals surface area contributed by atoms with Crippen LogP contribution in [-0.2, 0) is 0 Å². The molecule has 0 bridgehead atoms. The molecule has 0 N–H and O–H groups in total. The van der Waals surface area contributed by atoms with E-state index in [0.29, 0.717) is 15.3 Å². The summed E-state index contributed by atoms with van der Waals surface area (Å²) in [6.07, 6.45) is 0. The second-order valence-electron chi connectivity index (χ2n) is 4.49. The standard InChI is InChI=1S/C15H14BrClN2O/c1-10(11-5-3-6-12(17)9-11)19(2)15(20)13-7-4-8-14(16)18-13/h3-10H,1-2H3. The van der Waals surface area contributed by atoms with Gasteiger partial charge in [-0.25, -0.2) is 4.98 Å². The first-order chi connectivity index (χ1) is 9.49. The Morgan fingerprint density at radius 2 is 2.00 bits per heavy atom. The highest BCUT2D eigenvalue weighted by atomic mass is 79.9. The van der Waals surface area contributed by atoms with E-state index in [1.165, 1.54) is 0 Å². The number of hydrogen-bond donors (Lipinski definition) is 0. The first kappa shape index (κ1) is 15.0. The van der Waals surface area contributed by atoms with Crippen molar-refractivity contribution in [2.45, 2.75) is 13.0 Å². The number of pyridine rings is 1. The van der Waals surface area contributed by atoms with Crippen molar-refractivity contribution in [1.82, 2.24) is 9.88 Å². The largest absolute Gasteiger partial charge is 0.334 e. The van der Waals surface area contributed by atoms with Crippen molar-refractivity contribution in [2.75, 3.05) is 7.05 Å². The lowest BCUT2D eigenvalue weighted by Gasteiger charge is -2.25. The second kappa shape index (κ2) is 6.37. The average Bonchev–Trinajstić information content (AvgIpc) is 2.45. The van der Waals surface area contributed by atoms with Crippen LogP contribution in [0.15, 0.2) is 47.1 Å². The van der Waals surface area contributed by atoms with E-state index in [1.54, 1.807) is 30.1 Å². The van der Waals surface area contributed by atoms with Gasteiger partial charge in [0.05, 0.1) is 6.04 Å². The van der Waals surface area contributed by atoms with Gasteiger partial charge in [-0.2, -0.15) is 0 Å². The molecule has 0 saturated carbocycles. The molecule has 0 aliphatic carbocycles. The zero-order valence-corrected chi connectivity index (χ0v) is 13.5. The molecular weight excluding hydrogens is 340 g/mol. The summed E-state index contributed by atoms with van der Waals surface area (Å²) < 4.78 is 0.646. The van der Waals surface area contributed by atoms with E-state index in [-0.39, 0.29) is 11.9 Å². The van der Waals surface area contributed by atoms with Gasteiger partial charge in [0.2, 0.25) is 0 Å². The van der Waals surface area contributed by atoms with Crippen LogP contribution in [0, 0.1) is 0 Å². The molecule has 1 aromatic carbocycles. The van der Waals surface area contributed by atoms with Crippen LogP contribution in [0.4, 0.5) is 0 Å². The molecule has 1 heterocycles. The third kappa shape index (κ3) is 3.38. The quantitative estimate of drug-likeness (QED) is 0.769. The summed E-state index contributed by atoms with van der Waals surface area (Å²) in [7, 11) is 1.76. The van der Waals surface area contributed by atoms with E-state index in [1.807, 2.05) is 31.2 Å². The number of carbonyl (C=O) groups is 1. The van der Waals surface area contributed by atoms with Crippen LogP contribution in [0.5, 0.6) is 0 Å². The number of halogens is 2. The lowest BCUT2D eigenvalue weighted by atomic mass is 10.1. The highest BCUT2D eigenvalue weighted by Crippen LogP contribution is 2.23. The Kier molecular flexibility index (Phi) is 4.78. The molecule has 5 heteroatoms. The Morgan fingerprint density at radius 1 is 1.30 bits per heavy atom. The molecule has 1 unspecified atom stereocenters. The Balaban J connectivity index is 2.22. The van der Waals surface area contributed by atoms with Crippen molar-refractivity contribution >= 4 is 33.4 Å². The fourth-order valence-corrected chi connectivity index (χ4v) is 2.42. The van der Waals surface area contributed by atoms with Gasteiger partial charge in [-0.05, 0) is 52.7 Å². The van der Waals surface area contributed by atoms with Gasteiger partial charge >= 0.3 is 0 Å². The molecule has 1 amide bonds. The summed E-state index contributed by atoms with van der Waals surface area (Å²) in [4.78, 5) is 18.2. The number of rotatable bonds is 3. The van der Waals surface area contributed by atoms with Gasteiger partial charge in [-0.1, -0.05) is 29.8 Å². The number of aromatic nitrogens is 1. The topological polar surface area (TPSA) is 33.2 Å². The number of nitrogens with zero attached hydrogens (tertiary/aromatic N) is 2. The highest BCUT2D eigenvalue weighted by molar-refractivity contribution is 9.10. The van der Waals surface area contributed by atoms with Crippen LogP contribution in [-0.4, -0.2) is 22.8 Å². The molecule has 0 aliphatic rings. The summed E-state index contributed by atoms with van der Waals surface area (Å²) in [5, 5.41) is 0.663. The lowest BCUT2D eigenvalue weighted by Crippen LogP contribution is -2.30. The van der Waals surface area contributed by atoms with Gasteiger partial charge < -0.3 is 4.90 Å². The van der Waals surface area contributed by atoms with Crippen molar-refractivity contribution < 1.29 is 4.79 Å². The van der Waals surface area contributed by atoms with Crippen molar-refractivity contribution in [1.29, 1.82) is 0 Å². The van der Waals surface area contributed by atoms with E-state index in [4.69, 9.17) is 11.6 Å². The Labute approximate surface area is 131 Å². The van der Waals surface area contributed by atoms with E-state index < -0.39 is 0 Å². The number of benzene rings is 1. The van der Waals surface area contributed by atoms with Gasteiger partial charge in [0.1, 0.15) is 10.3 Å². The summed E-state index contributed by atoms with van der Waals surface area (Å²) in [5.41, 5.74) is 1.40. The first-order valence-corrected chi connectivity index (χ1v) is 7.31. The van der Waals surface area contributed by atoms with Crippen molar-refractivity contribution in [3.8, 4) is 0 Å². The molecule has 104 valence electrons. The molecule has 0 saturated heterocycles. The fraction of sp³-hybridized carbons (Fsp3) is 0.200. The molecule has 1 aromatic heterocycles. The zero-order chi connectivity index (χ0) is 14.7. The number of amides is 1.